The molecule has 2 heterocycles. The maximum atomic E-state index is 9.47. The molecule has 0 N–H and O–H groups in total. The Balaban J connectivity index is 2.24. The highest BCUT2D eigenvalue weighted by atomic mass is 16.3. The Hall–Kier alpha value is -3.12. The van der Waals surface area contributed by atoms with Crippen LogP contribution in [0.1, 0.15) is 16.7 Å². The Kier molecular flexibility index (Phi) is 3.14. The van der Waals surface area contributed by atoms with Gasteiger partial charge in [0.05, 0.1) is 17.2 Å². The van der Waals surface area contributed by atoms with E-state index in [0.29, 0.717) is 5.56 Å². The zero-order valence-electron chi connectivity index (χ0n) is 13.9. The molecule has 0 unspecified atom stereocenters. The van der Waals surface area contributed by atoms with E-state index in [1.54, 1.807) is 0 Å². The van der Waals surface area contributed by atoms with Crippen LogP contribution in [0.15, 0.2) is 53.1 Å². The Morgan fingerprint density at radius 2 is 1.92 bits per heavy atom. The number of aryl methyl sites for hydroxylation is 2. The Morgan fingerprint density at radius 3 is 2.67 bits per heavy atom. The topological polar surface area (TPSA) is 40.8 Å². The molecule has 4 rings (SSSR count). The molecule has 0 amide bonds. The van der Waals surface area contributed by atoms with Gasteiger partial charge in [-0.15, -0.1) is 0 Å². The summed E-state index contributed by atoms with van der Waals surface area (Å²) in [5.74, 6) is 0. The molecule has 0 fully saturated rings. The summed E-state index contributed by atoms with van der Waals surface area (Å²) in [6.07, 6.45) is 2.03. The second-order valence-corrected chi connectivity index (χ2v) is 6.16. The molecule has 3 heteroatoms. The van der Waals surface area contributed by atoms with Crippen LogP contribution < -0.4 is 4.57 Å². The van der Waals surface area contributed by atoms with Crippen LogP contribution >= 0.6 is 0 Å². The molecule has 0 radical (unpaired) electrons. The summed E-state index contributed by atoms with van der Waals surface area (Å²) in [5.41, 5.74) is 6.83. The molecule has 24 heavy (non-hydrogen) atoms. The summed E-state index contributed by atoms with van der Waals surface area (Å²) in [4.78, 5) is 0. The van der Waals surface area contributed by atoms with Crippen LogP contribution in [0.25, 0.3) is 33.2 Å². The van der Waals surface area contributed by atoms with Crippen molar-refractivity contribution in [2.24, 2.45) is 7.05 Å². The van der Waals surface area contributed by atoms with E-state index in [1.165, 1.54) is 11.1 Å². The molecule has 3 nitrogen and oxygen atoms in total. The molecule has 0 atom stereocenters. The van der Waals surface area contributed by atoms with E-state index in [0.717, 1.165) is 33.2 Å². The average molecular weight is 313 g/mol. The van der Waals surface area contributed by atoms with E-state index in [1.807, 2.05) is 43.6 Å². The minimum atomic E-state index is 0.651. The van der Waals surface area contributed by atoms with Gasteiger partial charge in [0.1, 0.15) is 18.2 Å². The Labute approximate surface area is 140 Å². The van der Waals surface area contributed by atoms with E-state index in [-0.39, 0.29) is 0 Å². The molecule has 0 bridgehead atoms. The molecule has 0 spiro atoms. The summed E-state index contributed by atoms with van der Waals surface area (Å²) < 4.78 is 8.30. The van der Waals surface area contributed by atoms with Crippen LogP contribution in [0.4, 0.5) is 0 Å². The molecule has 116 valence electrons. The summed E-state index contributed by atoms with van der Waals surface area (Å²) in [6.45, 7) is 4.23. The van der Waals surface area contributed by atoms with Crippen LogP contribution in [0, 0.1) is 25.2 Å². The molecule has 2 aromatic heterocycles. The van der Waals surface area contributed by atoms with Crippen LogP contribution in [-0.4, -0.2) is 0 Å². The van der Waals surface area contributed by atoms with Crippen LogP contribution in [0.5, 0.6) is 0 Å². The highest BCUT2D eigenvalue weighted by molar-refractivity contribution is 6.12. The fraction of sp³-hybridized carbons (Fsp3) is 0.143. The van der Waals surface area contributed by atoms with Crippen molar-refractivity contribution in [1.29, 1.82) is 5.26 Å². The van der Waals surface area contributed by atoms with Crippen LogP contribution in [-0.2, 0) is 7.05 Å². The van der Waals surface area contributed by atoms with Gasteiger partial charge in [-0.3, -0.25) is 0 Å². The lowest BCUT2D eigenvalue weighted by atomic mass is 9.95. The molecule has 2 aromatic carbocycles. The largest absolute Gasteiger partial charge is 0.455 e. The maximum Gasteiger partial charge on any atom is 0.216 e. The quantitative estimate of drug-likeness (QED) is 0.483. The van der Waals surface area contributed by atoms with Crippen LogP contribution in [0.2, 0.25) is 0 Å². The van der Waals surface area contributed by atoms with Gasteiger partial charge in [0, 0.05) is 22.9 Å². The molecule has 0 aliphatic carbocycles. The fourth-order valence-corrected chi connectivity index (χ4v) is 3.37. The lowest BCUT2D eigenvalue weighted by Crippen LogP contribution is -2.30. The predicted octanol–water partition coefficient (Wildman–Crippen LogP) is 4.57. The van der Waals surface area contributed by atoms with Crippen molar-refractivity contribution in [3.63, 3.8) is 0 Å². The number of pyridine rings is 1. The summed E-state index contributed by atoms with van der Waals surface area (Å²) in [5, 5.41) is 11.4. The third kappa shape index (κ3) is 1.93. The van der Waals surface area contributed by atoms with E-state index < -0.39 is 0 Å². The summed E-state index contributed by atoms with van der Waals surface area (Å²) >= 11 is 0. The molecule has 0 aliphatic heterocycles. The normalized spacial score (nSPS) is 11.1. The Morgan fingerprint density at radius 1 is 1.08 bits per heavy atom. The van der Waals surface area contributed by atoms with E-state index in [4.69, 9.17) is 4.42 Å². The van der Waals surface area contributed by atoms with Gasteiger partial charge >= 0.3 is 0 Å². The first-order chi connectivity index (χ1) is 11.6. The van der Waals surface area contributed by atoms with Gasteiger partial charge in [-0.05, 0) is 49.2 Å². The van der Waals surface area contributed by atoms with Crippen molar-refractivity contribution in [1.82, 2.24) is 0 Å². The molecular weight excluding hydrogens is 296 g/mol. The van der Waals surface area contributed by atoms with Crippen molar-refractivity contribution in [3.05, 3.63) is 65.4 Å². The number of benzene rings is 2. The maximum absolute atomic E-state index is 9.47. The summed E-state index contributed by atoms with van der Waals surface area (Å²) in [6, 6.07) is 16.2. The van der Waals surface area contributed by atoms with Crippen molar-refractivity contribution in [2.45, 2.75) is 13.8 Å². The number of furan rings is 1. The van der Waals surface area contributed by atoms with Gasteiger partial charge in [0.15, 0.2) is 6.20 Å². The minimum absolute atomic E-state index is 0.651. The first-order valence-corrected chi connectivity index (χ1v) is 7.92. The van der Waals surface area contributed by atoms with E-state index in [9.17, 15) is 5.26 Å². The third-order valence-corrected chi connectivity index (χ3v) is 4.74. The van der Waals surface area contributed by atoms with Crippen molar-refractivity contribution in [2.75, 3.05) is 0 Å². The first kappa shape index (κ1) is 14.5. The number of rotatable bonds is 1. The number of fused-ring (bicyclic) bond motifs is 3. The second-order valence-electron chi connectivity index (χ2n) is 6.16. The predicted molar refractivity (Wildman–Crippen MR) is 94.5 cm³/mol. The van der Waals surface area contributed by atoms with E-state index >= 15 is 0 Å². The van der Waals surface area contributed by atoms with Gasteiger partial charge in [-0.1, -0.05) is 6.07 Å². The molecule has 4 aromatic rings. The average Bonchev–Trinajstić information content (AvgIpc) is 2.95. The number of aromatic nitrogens is 1. The molecular formula is C21H17N2O+. The fourth-order valence-electron chi connectivity index (χ4n) is 3.37. The highest BCUT2D eigenvalue weighted by Crippen LogP contribution is 2.39. The lowest BCUT2D eigenvalue weighted by molar-refractivity contribution is -0.660. The van der Waals surface area contributed by atoms with E-state index in [2.05, 4.69) is 36.6 Å². The molecule has 0 saturated heterocycles. The van der Waals surface area contributed by atoms with Gasteiger partial charge in [-0.2, -0.15) is 5.26 Å². The number of nitriles is 1. The SMILES string of the molecule is Cc1cc2c(oc3cccc(C#N)c32)c(-c2cccc[n+]2C)c1C. The van der Waals surface area contributed by atoms with Crippen molar-refractivity contribution in [3.8, 4) is 17.3 Å². The highest BCUT2D eigenvalue weighted by Gasteiger charge is 2.22. The first-order valence-electron chi connectivity index (χ1n) is 7.92. The number of nitrogens with zero attached hydrogens (tertiary/aromatic N) is 2. The smallest absolute Gasteiger partial charge is 0.216 e. The van der Waals surface area contributed by atoms with Gasteiger partial charge in [0.25, 0.3) is 0 Å². The third-order valence-electron chi connectivity index (χ3n) is 4.74. The van der Waals surface area contributed by atoms with Crippen LogP contribution in [0.3, 0.4) is 0 Å². The van der Waals surface area contributed by atoms with Gasteiger partial charge in [0.2, 0.25) is 5.69 Å². The standard InChI is InChI=1S/C21H17N2O/c1-13-11-16-20-15(12-22)7-6-9-18(20)24-21(16)19(14(13)2)17-8-4-5-10-23(17)3/h4-11H,1-3H3/q+1. The Bertz CT molecular complexity index is 1150. The zero-order valence-corrected chi connectivity index (χ0v) is 13.9. The summed E-state index contributed by atoms with van der Waals surface area (Å²) in [7, 11) is 2.03. The van der Waals surface area contributed by atoms with Gasteiger partial charge in [-0.25, -0.2) is 4.57 Å². The number of hydrogen-bond acceptors (Lipinski definition) is 2. The second kappa shape index (κ2) is 5.21. The lowest BCUT2D eigenvalue weighted by Gasteiger charge is -2.08. The monoisotopic (exact) mass is 313 g/mol. The van der Waals surface area contributed by atoms with Crippen molar-refractivity contribution >= 4 is 21.9 Å². The molecule has 0 aliphatic rings. The number of hydrogen-bond donors (Lipinski definition) is 0. The zero-order chi connectivity index (χ0) is 16.8. The van der Waals surface area contributed by atoms with Gasteiger partial charge < -0.3 is 4.42 Å². The van der Waals surface area contributed by atoms with Crippen molar-refractivity contribution < 1.29 is 8.98 Å². The molecule has 0 saturated carbocycles. The minimum Gasteiger partial charge on any atom is -0.455 e.